The number of pyridine rings is 1. The summed E-state index contributed by atoms with van der Waals surface area (Å²) in [5, 5.41) is 12.9. The Morgan fingerprint density at radius 1 is 1.00 bits per heavy atom. The fourth-order valence-corrected chi connectivity index (χ4v) is 2.82. The molecule has 3 aromatic rings. The Kier molecular flexibility index (Phi) is 6.23. The first-order chi connectivity index (χ1) is 8.98. The molecule has 0 bridgehead atoms. The van der Waals surface area contributed by atoms with Crippen LogP contribution in [-0.4, -0.2) is 18.0 Å². The molecule has 0 radical (unpaired) electrons. The summed E-state index contributed by atoms with van der Waals surface area (Å²) in [5.41, 5.74) is 0.399. The van der Waals surface area contributed by atoms with Crippen LogP contribution >= 0.6 is 0 Å². The number of rotatable bonds is 1. The molecule has 96 valence electrons. The standard InChI is InChI=1S/C13H9NO4S.2Na/c15-10-5-6-11(19(16,17)18)9-4-3-8-2-1-7-14-13(8)12(9)10;;/h1-7,15H,(H,16,17,18);;/q;2*+1/p-2. The van der Waals surface area contributed by atoms with E-state index in [1.54, 1.807) is 18.2 Å². The molecule has 0 fully saturated rings. The van der Waals surface area contributed by atoms with E-state index < -0.39 is 15.0 Å². The van der Waals surface area contributed by atoms with Crippen molar-refractivity contribution in [3.8, 4) is 5.75 Å². The maximum Gasteiger partial charge on any atom is 1.00 e. The van der Waals surface area contributed by atoms with Crippen LogP contribution in [0.1, 0.15) is 0 Å². The van der Waals surface area contributed by atoms with Gasteiger partial charge in [0.2, 0.25) is 0 Å². The molecule has 0 saturated heterocycles. The molecule has 0 N–H and O–H groups in total. The van der Waals surface area contributed by atoms with E-state index in [1.807, 2.05) is 0 Å². The summed E-state index contributed by atoms with van der Waals surface area (Å²) in [4.78, 5) is 3.70. The third-order valence-electron chi connectivity index (χ3n) is 2.94. The maximum atomic E-state index is 11.9. The average molecular weight is 319 g/mol. The molecule has 0 aliphatic carbocycles. The van der Waals surface area contributed by atoms with Crippen molar-refractivity contribution in [2.75, 3.05) is 0 Å². The van der Waals surface area contributed by atoms with Crippen LogP contribution in [0, 0.1) is 0 Å². The van der Waals surface area contributed by atoms with Gasteiger partial charge >= 0.3 is 59.1 Å². The van der Waals surface area contributed by atoms with Gasteiger partial charge in [-0.1, -0.05) is 30.0 Å². The van der Waals surface area contributed by atoms with Crippen LogP contribution in [-0.2, 0) is 10.1 Å². The molecule has 0 spiro atoms. The summed E-state index contributed by atoms with van der Waals surface area (Å²) in [6.45, 7) is 0. The van der Waals surface area contributed by atoms with E-state index in [2.05, 4.69) is 4.98 Å². The largest absolute Gasteiger partial charge is 1.00 e. The summed E-state index contributed by atoms with van der Waals surface area (Å²) >= 11 is 0. The summed E-state index contributed by atoms with van der Waals surface area (Å²) < 4.78 is 33.6. The van der Waals surface area contributed by atoms with Crippen LogP contribution in [0.2, 0.25) is 0 Å². The molecule has 1 heterocycles. The van der Waals surface area contributed by atoms with Gasteiger partial charge in [0.05, 0.1) is 10.4 Å². The third kappa shape index (κ3) is 3.43. The molecular weight excluding hydrogens is 312 g/mol. The minimum atomic E-state index is -4.63. The van der Waals surface area contributed by atoms with Gasteiger partial charge in [0, 0.05) is 22.4 Å². The van der Waals surface area contributed by atoms with Crippen LogP contribution in [0.3, 0.4) is 0 Å². The Bertz CT molecular complexity index is 913. The van der Waals surface area contributed by atoms with E-state index in [0.717, 1.165) is 12.1 Å². The quantitative estimate of drug-likeness (QED) is 0.256. The first kappa shape index (κ1) is 18.9. The molecule has 0 unspecified atom stereocenters. The first-order valence-electron chi connectivity index (χ1n) is 5.42. The number of benzene rings is 2. The second-order valence-electron chi connectivity index (χ2n) is 4.08. The molecule has 0 aliphatic rings. The average Bonchev–Trinajstić information content (AvgIpc) is 2.37. The van der Waals surface area contributed by atoms with E-state index in [1.165, 1.54) is 12.3 Å². The summed E-state index contributed by atoms with van der Waals surface area (Å²) in [5.74, 6) is -0.355. The molecule has 2 aromatic carbocycles. The molecule has 1 aromatic heterocycles. The molecule has 0 atom stereocenters. The predicted molar refractivity (Wildman–Crippen MR) is 66.7 cm³/mol. The molecule has 0 saturated carbocycles. The van der Waals surface area contributed by atoms with Gasteiger partial charge in [-0.3, -0.25) is 4.98 Å². The van der Waals surface area contributed by atoms with E-state index in [9.17, 15) is 18.1 Å². The number of fused-ring (bicyclic) bond motifs is 3. The van der Waals surface area contributed by atoms with Gasteiger partial charge in [-0.15, -0.1) is 0 Å². The summed E-state index contributed by atoms with van der Waals surface area (Å²) in [6.07, 6.45) is 1.51. The normalized spacial score (nSPS) is 10.9. The van der Waals surface area contributed by atoms with Gasteiger partial charge in [0.25, 0.3) is 0 Å². The van der Waals surface area contributed by atoms with Crippen LogP contribution in [0.4, 0.5) is 0 Å². The Morgan fingerprint density at radius 2 is 1.71 bits per heavy atom. The Morgan fingerprint density at radius 3 is 2.38 bits per heavy atom. The minimum absolute atomic E-state index is 0. The van der Waals surface area contributed by atoms with Gasteiger partial charge in [0.15, 0.2) is 0 Å². The number of aromatic nitrogens is 1. The van der Waals surface area contributed by atoms with Crippen molar-refractivity contribution >= 4 is 31.8 Å². The molecule has 0 amide bonds. The van der Waals surface area contributed by atoms with E-state index in [4.69, 9.17) is 0 Å². The number of hydrogen-bond acceptors (Lipinski definition) is 5. The summed E-state index contributed by atoms with van der Waals surface area (Å²) in [7, 11) is -4.63. The monoisotopic (exact) mass is 319 g/mol. The minimum Gasteiger partial charge on any atom is -0.872 e. The zero-order chi connectivity index (χ0) is 13.6. The van der Waals surface area contributed by atoms with Crippen molar-refractivity contribution in [2.24, 2.45) is 0 Å². The van der Waals surface area contributed by atoms with E-state index in [-0.39, 0.29) is 75.6 Å². The molecule has 0 aliphatic heterocycles. The maximum absolute atomic E-state index is 11.9. The van der Waals surface area contributed by atoms with Gasteiger partial charge < -0.3 is 9.66 Å². The van der Waals surface area contributed by atoms with Crippen molar-refractivity contribution in [3.05, 3.63) is 42.6 Å². The predicted octanol–water partition coefficient (Wildman–Crippen LogP) is -4.63. The van der Waals surface area contributed by atoms with Crippen molar-refractivity contribution < 1.29 is 77.2 Å². The molecular formula is C13H7NNa2O4S. The van der Waals surface area contributed by atoms with Crippen molar-refractivity contribution in [2.45, 2.75) is 4.90 Å². The van der Waals surface area contributed by atoms with E-state index >= 15 is 0 Å². The topological polar surface area (TPSA) is 93.2 Å². The zero-order valence-electron chi connectivity index (χ0n) is 11.5. The van der Waals surface area contributed by atoms with E-state index in [0.29, 0.717) is 10.9 Å². The molecule has 5 nitrogen and oxygen atoms in total. The molecule has 8 heteroatoms. The Labute approximate surface area is 165 Å². The second-order valence-corrected chi connectivity index (χ2v) is 5.43. The van der Waals surface area contributed by atoms with Crippen LogP contribution in [0.25, 0.3) is 21.7 Å². The van der Waals surface area contributed by atoms with Gasteiger partial charge in [0.1, 0.15) is 10.1 Å². The van der Waals surface area contributed by atoms with Gasteiger partial charge in [-0.2, -0.15) is 0 Å². The zero-order valence-corrected chi connectivity index (χ0v) is 16.3. The smallest absolute Gasteiger partial charge is 0.872 e. The van der Waals surface area contributed by atoms with Gasteiger partial charge in [-0.05, 0) is 12.1 Å². The van der Waals surface area contributed by atoms with Crippen LogP contribution in [0.5, 0.6) is 5.75 Å². The van der Waals surface area contributed by atoms with Crippen molar-refractivity contribution in [1.29, 1.82) is 0 Å². The fourth-order valence-electron chi connectivity index (χ4n) is 2.14. The van der Waals surface area contributed by atoms with Crippen LogP contribution in [0.15, 0.2) is 47.5 Å². The molecule has 3 rings (SSSR count). The Hall–Kier alpha value is -0.180. The van der Waals surface area contributed by atoms with Crippen molar-refractivity contribution in [1.82, 2.24) is 4.98 Å². The summed E-state index contributed by atoms with van der Waals surface area (Å²) in [6, 6.07) is 8.71. The fraction of sp³-hybridized carbons (Fsp3) is 0. The van der Waals surface area contributed by atoms with Gasteiger partial charge in [-0.25, -0.2) is 8.42 Å². The van der Waals surface area contributed by atoms with Crippen molar-refractivity contribution in [3.63, 3.8) is 0 Å². The number of nitrogens with zero attached hydrogens (tertiary/aromatic N) is 1. The Balaban J connectivity index is 0.00000110. The van der Waals surface area contributed by atoms with Crippen LogP contribution < -0.4 is 64.2 Å². The third-order valence-corrected chi connectivity index (χ3v) is 3.84. The second kappa shape index (κ2) is 6.93. The first-order valence-corrected chi connectivity index (χ1v) is 6.83. The number of hydrogen-bond donors (Lipinski definition) is 0. The molecule has 21 heavy (non-hydrogen) atoms. The SMILES string of the molecule is O=S(=O)([O-])c1ccc([O-])c2c1ccc1cccnc12.[Na+].[Na+].